The number of allylic oxidation sites excluding steroid dienone is 4. The lowest BCUT2D eigenvalue weighted by molar-refractivity contribution is -0.136. The lowest BCUT2D eigenvalue weighted by Crippen LogP contribution is -2.10. The number of nitrogens with zero attached hydrogens (tertiary/aromatic N) is 2. The van der Waals surface area contributed by atoms with Crippen molar-refractivity contribution in [1.82, 2.24) is 5.01 Å². The second kappa shape index (κ2) is 15.3. The Kier molecular flexibility index (Phi) is 13.9. The summed E-state index contributed by atoms with van der Waals surface area (Å²) in [6.07, 6.45) is 11.3. The molecule has 1 N–H and O–H groups in total. The van der Waals surface area contributed by atoms with Crippen molar-refractivity contribution in [2.24, 2.45) is 11.0 Å². The van der Waals surface area contributed by atoms with Gasteiger partial charge in [-0.05, 0) is 35.5 Å². The van der Waals surface area contributed by atoms with Crippen LogP contribution in [0.15, 0.2) is 59.9 Å². The standard InChI is InChI=1S/C23H32N2O2.C2H6/c1-6-9-22(11-8-7-10-18(2)3)25(5)24-17-19(4)21-14-12-20(13-15-21)16-23(26)27;1-2/h7-9,12-15,17-18H,4,6,10-11,16H2,1-3,5H3,(H,26,27);1-2H3/b8-7-,22-9+,24-17-;. The van der Waals surface area contributed by atoms with Gasteiger partial charge in [-0.25, -0.2) is 0 Å². The maximum atomic E-state index is 10.8. The molecule has 0 aliphatic rings. The average molecular weight is 399 g/mol. The van der Waals surface area contributed by atoms with Crippen LogP contribution in [-0.4, -0.2) is 29.3 Å². The number of hydrazone groups is 1. The number of carboxylic acid groups (broad SMARTS) is 1. The summed E-state index contributed by atoms with van der Waals surface area (Å²) in [7, 11) is 1.94. The fraction of sp³-hybridized carbons (Fsp3) is 0.440. The molecule has 0 aliphatic heterocycles. The van der Waals surface area contributed by atoms with Gasteiger partial charge in [0.05, 0.1) is 12.6 Å². The predicted octanol–water partition coefficient (Wildman–Crippen LogP) is 6.56. The first-order chi connectivity index (χ1) is 13.8. The van der Waals surface area contributed by atoms with Gasteiger partial charge in [0.15, 0.2) is 0 Å². The van der Waals surface area contributed by atoms with Crippen molar-refractivity contribution < 1.29 is 9.90 Å². The van der Waals surface area contributed by atoms with Crippen LogP contribution in [0.5, 0.6) is 0 Å². The normalized spacial score (nSPS) is 11.6. The minimum Gasteiger partial charge on any atom is -0.481 e. The molecule has 4 heteroatoms. The molecule has 0 saturated carbocycles. The number of carbonyl (C=O) groups is 1. The monoisotopic (exact) mass is 398 g/mol. The second-order valence-electron chi connectivity index (χ2n) is 6.97. The van der Waals surface area contributed by atoms with Gasteiger partial charge in [0.1, 0.15) is 0 Å². The zero-order valence-electron chi connectivity index (χ0n) is 19.0. The summed E-state index contributed by atoms with van der Waals surface area (Å²) < 4.78 is 0. The molecule has 0 radical (unpaired) electrons. The molecule has 0 spiro atoms. The van der Waals surface area contributed by atoms with Gasteiger partial charge in [-0.2, -0.15) is 5.10 Å². The molecule has 0 aromatic heterocycles. The quantitative estimate of drug-likeness (QED) is 0.261. The molecule has 1 aromatic rings. The number of aliphatic carboxylic acids is 1. The number of hydrogen-bond acceptors (Lipinski definition) is 3. The van der Waals surface area contributed by atoms with Crippen LogP contribution in [0.3, 0.4) is 0 Å². The minimum absolute atomic E-state index is 0.0269. The van der Waals surface area contributed by atoms with Gasteiger partial charge in [-0.15, -0.1) is 0 Å². The van der Waals surface area contributed by atoms with E-state index in [1.807, 2.05) is 50.2 Å². The Morgan fingerprint density at radius 2 is 1.83 bits per heavy atom. The van der Waals surface area contributed by atoms with Crippen LogP contribution in [0.1, 0.15) is 65.0 Å². The average Bonchev–Trinajstić information content (AvgIpc) is 2.69. The summed E-state index contributed by atoms with van der Waals surface area (Å²) in [6.45, 7) is 14.6. The van der Waals surface area contributed by atoms with E-state index < -0.39 is 5.97 Å². The highest BCUT2D eigenvalue weighted by Gasteiger charge is 2.03. The third-order valence-corrected chi connectivity index (χ3v) is 4.02. The maximum Gasteiger partial charge on any atom is 0.307 e. The third kappa shape index (κ3) is 11.7. The Hall–Kier alpha value is -2.62. The molecule has 1 rings (SSSR count). The Morgan fingerprint density at radius 1 is 1.21 bits per heavy atom. The molecule has 0 atom stereocenters. The van der Waals surface area contributed by atoms with Crippen LogP contribution < -0.4 is 0 Å². The van der Waals surface area contributed by atoms with E-state index in [0.717, 1.165) is 41.7 Å². The fourth-order valence-electron chi connectivity index (χ4n) is 2.47. The first-order valence-corrected chi connectivity index (χ1v) is 10.4. The van der Waals surface area contributed by atoms with E-state index in [-0.39, 0.29) is 6.42 Å². The number of carboxylic acids is 1. The smallest absolute Gasteiger partial charge is 0.307 e. The van der Waals surface area contributed by atoms with E-state index in [4.69, 9.17) is 5.11 Å². The Morgan fingerprint density at radius 3 is 2.34 bits per heavy atom. The SMILES string of the molecule is C=C(/C=N\N(C)/C(=C/CC)C/C=C\CC(C)C)c1ccc(CC(=O)O)cc1.CC. The zero-order valence-corrected chi connectivity index (χ0v) is 19.0. The van der Waals surface area contributed by atoms with Gasteiger partial charge >= 0.3 is 5.97 Å². The molecule has 160 valence electrons. The molecular formula is C25H38N2O2. The van der Waals surface area contributed by atoms with Gasteiger partial charge in [-0.3, -0.25) is 9.80 Å². The summed E-state index contributed by atoms with van der Waals surface area (Å²) in [6, 6.07) is 7.39. The van der Waals surface area contributed by atoms with Gasteiger partial charge < -0.3 is 5.11 Å². The van der Waals surface area contributed by atoms with E-state index in [0.29, 0.717) is 5.92 Å². The van der Waals surface area contributed by atoms with E-state index in [1.165, 1.54) is 0 Å². The van der Waals surface area contributed by atoms with Crippen LogP contribution in [0.25, 0.3) is 5.57 Å². The van der Waals surface area contributed by atoms with Crippen LogP contribution >= 0.6 is 0 Å². The molecule has 0 heterocycles. The highest BCUT2D eigenvalue weighted by molar-refractivity contribution is 6.08. The zero-order chi connectivity index (χ0) is 22.2. The van der Waals surface area contributed by atoms with Crippen LogP contribution in [0.4, 0.5) is 0 Å². The van der Waals surface area contributed by atoms with Crippen LogP contribution in [0.2, 0.25) is 0 Å². The molecule has 29 heavy (non-hydrogen) atoms. The Bertz CT molecular complexity index is 698. The molecule has 0 fully saturated rings. The minimum atomic E-state index is -0.831. The lowest BCUT2D eigenvalue weighted by atomic mass is 10.0. The van der Waals surface area contributed by atoms with Crippen molar-refractivity contribution in [3.05, 3.63) is 65.9 Å². The molecule has 0 unspecified atom stereocenters. The van der Waals surface area contributed by atoms with Crippen molar-refractivity contribution in [3.8, 4) is 0 Å². The maximum absolute atomic E-state index is 10.8. The van der Waals surface area contributed by atoms with Crippen molar-refractivity contribution in [2.45, 2.75) is 60.3 Å². The largest absolute Gasteiger partial charge is 0.481 e. The van der Waals surface area contributed by atoms with Gasteiger partial charge in [0, 0.05) is 19.2 Å². The van der Waals surface area contributed by atoms with Crippen molar-refractivity contribution in [1.29, 1.82) is 0 Å². The van der Waals surface area contributed by atoms with E-state index >= 15 is 0 Å². The van der Waals surface area contributed by atoms with Gasteiger partial charge in [0.25, 0.3) is 0 Å². The number of benzene rings is 1. The second-order valence-corrected chi connectivity index (χ2v) is 6.97. The summed E-state index contributed by atoms with van der Waals surface area (Å²) in [5.74, 6) is -0.164. The molecule has 0 saturated heterocycles. The van der Waals surface area contributed by atoms with Gasteiger partial charge in [0.2, 0.25) is 0 Å². The molecule has 0 amide bonds. The number of rotatable bonds is 11. The summed E-state index contributed by atoms with van der Waals surface area (Å²) in [5, 5.41) is 15.2. The topological polar surface area (TPSA) is 52.9 Å². The first-order valence-electron chi connectivity index (χ1n) is 10.4. The number of hydrogen-bond donors (Lipinski definition) is 1. The highest BCUT2D eigenvalue weighted by Crippen LogP contribution is 2.15. The van der Waals surface area contributed by atoms with Crippen LogP contribution in [-0.2, 0) is 11.2 Å². The first kappa shape index (κ1) is 26.4. The molecule has 4 nitrogen and oxygen atoms in total. The third-order valence-electron chi connectivity index (χ3n) is 4.02. The lowest BCUT2D eigenvalue weighted by Gasteiger charge is -2.16. The molecule has 0 aliphatic carbocycles. The molecule has 0 bridgehead atoms. The predicted molar refractivity (Wildman–Crippen MR) is 126 cm³/mol. The van der Waals surface area contributed by atoms with E-state index in [1.54, 1.807) is 6.21 Å². The van der Waals surface area contributed by atoms with Gasteiger partial charge in [-0.1, -0.05) is 83.7 Å². The molecule has 1 aromatic carbocycles. The van der Waals surface area contributed by atoms with Crippen LogP contribution in [0, 0.1) is 5.92 Å². The van der Waals surface area contributed by atoms with E-state index in [9.17, 15) is 4.79 Å². The van der Waals surface area contributed by atoms with Crippen molar-refractivity contribution in [2.75, 3.05) is 7.05 Å². The Balaban J connectivity index is 0.00000379. The van der Waals surface area contributed by atoms with E-state index in [2.05, 4.69) is 50.7 Å². The van der Waals surface area contributed by atoms with Crippen molar-refractivity contribution >= 4 is 17.8 Å². The fourth-order valence-corrected chi connectivity index (χ4v) is 2.47. The summed E-state index contributed by atoms with van der Waals surface area (Å²) >= 11 is 0. The van der Waals surface area contributed by atoms with Crippen molar-refractivity contribution in [3.63, 3.8) is 0 Å². The summed E-state index contributed by atoms with van der Waals surface area (Å²) in [4.78, 5) is 10.8. The summed E-state index contributed by atoms with van der Waals surface area (Å²) in [5.41, 5.74) is 3.64. The Labute approximate surface area is 177 Å². The molecular weight excluding hydrogens is 360 g/mol. The highest BCUT2D eigenvalue weighted by atomic mass is 16.4.